The summed E-state index contributed by atoms with van der Waals surface area (Å²) in [4.78, 5) is 14.1. The van der Waals surface area contributed by atoms with Crippen molar-refractivity contribution in [3.63, 3.8) is 0 Å². The molecule has 0 aliphatic heterocycles. The van der Waals surface area contributed by atoms with Crippen LogP contribution >= 0.6 is 0 Å². The number of amides is 1. The van der Waals surface area contributed by atoms with Crippen molar-refractivity contribution in [1.29, 1.82) is 0 Å². The molecule has 8 heteroatoms. The van der Waals surface area contributed by atoms with E-state index in [9.17, 15) is 4.79 Å². The highest BCUT2D eigenvalue weighted by Crippen LogP contribution is 1.91. The van der Waals surface area contributed by atoms with Gasteiger partial charge in [0.05, 0.1) is 5.56 Å². The smallest absolute Gasteiger partial charge is 0.250 e. The van der Waals surface area contributed by atoms with Crippen molar-refractivity contribution in [3.05, 3.63) is 30.1 Å². The van der Waals surface area contributed by atoms with E-state index in [0.717, 1.165) is 0 Å². The second-order valence-electron chi connectivity index (χ2n) is 2.01. The minimum Gasteiger partial charge on any atom is -0.759 e. The third-order valence-corrected chi connectivity index (χ3v) is 0.946. The van der Waals surface area contributed by atoms with Gasteiger partial charge in [0.1, 0.15) is 0 Å². The van der Waals surface area contributed by atoms with Gasteiger partial charge in [-0.25, -0.2) is 0 Å². The number of hydrogen-bond donors (Lipinski definition) is 1. The van der Waals surface area contributed by atoms with Crippen LogP contribution in [-0.4, -0.2) is 28.4 Å². The van der Waals surface area contributed by atoms with Crippen LogP contribution in [0.1, 0.15) is 10.4 Å². The average Bonchev–Trinajstić information content (AvgIpc) is 2.03. The lowest BCUT2D eigenvalue weighted by molar-refractivity contribution is 0.1000. The molecule has 1 aromatic heterocycles. The van der Waals surface area contributed by atoms with Crippen molar-refractivity contribution in [2.75, 3.05) is 0 Å². The van der Waals surface area contributed by atoms with Crippen LogP contribution in [0, 0.1) is 0 Å². The fraction of sp³-hybridized carbons (Fsp3) is 0. The number of nitrogens with zero attached hydrogens (tertiary/aromatic N) is 1. The van der Waals surface area contributed by atoms with Crippen molar-refractivity contribution in [3.8, 4) is 0 Å². The van der Waals surface area contributed by atoms with Gasteiger partial charge in [0.2, 0.25) is 5.91 Å². The van der Waals surface area contributed by atoms with Crippen LogP contribution in [0.5, 0.6) is 0 Å². The van der Waals surface area contributed by atoms with Crippen LogP contribution in [0.2, 0.25) is 0 Å². The van der Waals surface area contributed by atoms with Gasteiger partial charge >= 0.3 is 0 Å². The van der Waals surface area contributed by atoms with Crippen LogP contribution in [0.15, 0.2) is 24.5 Å². The molecule has 7 nitrogen and oxygen atoms in total. The monoisotopic (exact) mass is 218 g/mol. The topological polar surface area (TPSA) is 136 Å². The van der Waals surface area contributed by atoms with Gasteiger partial charge in [-0.2, -0.15) is 0 Å². The average molecular weight is 218 g/mol. The summed E-state index contributed by atoms with van der Waals surface area (Å²) in [5.74, 6) is -0.442. The van der Waals surface area contributed by atoms with Crippen LogP contribution in [-0.2, 0) is 10.4 Å². The molecule has 0 saturated heterocycles. The van der Waals surface area contributed by atoms with E-state index in [1.54, 1.807) is 18.3 Å². The van der Waals surface area contributed by atoms with Gasteiger partial charge in [0.25, 0.3) is 0 Å². The Bertz CT molecular complexity index is 380. The first kappa shape index (κ1) is 12.5. The molecule has 0 bridgehead atoms. The van der Waals surface area contributed by atoms with Gasteiger partial charge in [-0.05, 0) is 12.1 Å². The summed E-state index contributed by atoms with van der Waals surface area (Å²) < 4.78 is 34.1. The molecule has 1 aromatic rings. The molecule has 78 valence electrons. The van der Waals surface area contributed by atoms with E-state index in [1.165, 1.54) is 6.20 Å². The van der Waals surface area contributed by atoms with Gasteiger partial charge in [-0.1, -0.05) is 0 Å². The van der Waals surface area contributed by atoms with Crippen LogP contribution in [0.3, 0.4) is 0 Å². The zero-order chi connectivity index (χ0) is 11.2. The summed E-state index contributed by atoms with van der Waals surface area (Å²) in [5.41, 5.74) is 5.38. The molecule has 0 aliphatic rings. The van der Waals surface area contributed by atoms with Gasteiger partial charge in [-0.3, -0.25) is 18.2 Å². The highest BCUT2D eigenvalue weighted by Gasteiger charge is 1.94. The second-order valence-corrected chi connectivity index (χ2v) is 2.83. The number of pyridine rings is 1. The van der Waals surface area contributed by atoms with E-state index in [2.05, 4.69) is 4.98 Å². The fourth-order valence-electron chi connectivity index (χ4n) is 0.509. The van der Waals surface area contributed by atoms with Crippen molar-refractivity contribution in [2.24, 2.45) is 5.73 Å². The molecular formula is C6H6N2O5S-2. The van der Waals surface area contributed by atoms with Crippen molar-refractivity contribution in [2.45, 2.75) is 0 Å². The normalized spacial score (nSPS) is 9.86. The maximum atomic E-state index is 10.4. The van der Waals surface area contributed by atoms with Crippen LogP contribution in [0.25, 0.3) is 0 Å². The fourth-order valence-corrected chi connectivity index (χ4v) is 0.509. The number of nitrogens with two attached hydrogens (primary N) is 1. The van der Waals surface area contributed by atoms with E-state index in [-0.39, 0.29) is 0 Å². The molecule has 2 N–H and O–H groups in total. The number of rotatable bonds is 1. The lowest BCUT2D eigenvalue weighted by Gasteiger charge is -2.06. The molecule has 0 radical (unpaired) electrons. The number of aromatic nitrogens is 1. The van der Waals surface area contributed by atoms with E-state index in [4.69, 9.17) is 23.3 Å². The number of primary amides is 1. The zero-order valence-electron chi connectivity index (χ0n) is 6.78. The number of hydrogen-bond acceptors (Lipinski definition) is 6. The molecule has 1 rings (SSSR count). The molecule has 1 amide bonds. The molecule has 0 aliphatic carbocycles. The van der Waals surface area contributed by atoms with Gasteiger partial charge in [0.15, 0.2) is 0 Å². The Labute approximate surface area is 80.2 Å². The first-order valence-corrected chi connectivity index (χ1v) is 4.50. The minimum absolute atomic E-state index is 0.442. The summed E-state index contributed by atoms with van der Waals surface area (Å²) in [6.07, 6.45) is 3.02. The Balaban J connectivity index is 0.000000292. The Hall–Kier alpha value is -1.51. The molecule has 0 saturated carbocycles. The Morgan fingerprint density at radius 1 is 1.43 bits per heavy atom. The van der Waals surface area contributed by atoms with E-state index in [1.807, 2.05) is 0 Å². The molecule has 0 aromatic carbocycles. The van der Waals surface area contributed by atoms with E-state index >= 15 is 0 Å². The molecular weight excluding hydrogens is 212 g/mol. The van der Waals surface area contributed by atoms with Crippen molar-refractivity contribution < 1.29 is 22.3 Å². The standard InChI is InChI=1S/C6H6N2O.H2O4S/c7-6(9)5-2-1-3-8-4-5;1-5(2,3)4/h1-4H,(H2,7,9);(H2,1,2,3,4)/p-2. The highest BCUT2D eigenvalue weighted by molar-refractivity contribution is 7.79. The molecule has 0 fully saturated rings. The van der Waals surface area contributed by atoms with E-state index < -0.39 is 16.3 Å². The van der Waals surface area contributed by atoms with Gasteiger partial charge in [0, 0.05) is 22.8 Å². The van der Waals surface area contributed by atoms with Crippen molar-refractivity contribution in [1.82, 2.24) is 4.98 Å². The minimum atomic E-state index is -5.17. The van der Waals surface area contributed by atoms with Gasteiger partial charge in [-0.15, -0.1) is 0 Å². The molecule has 0 atom stereocenters. The van der Waals surface area contributed by atoms with Gasteiger partial charge < -0.3 is 14.8 Å². The van der Waals surface area contributed by atoms with Crippen LogP contribution < -0.4 is 5.73 Å². The summed E-state index contributed by atoms with van der Waals surface area (Å²) in [6, 6.07) is 3.29. The predicted molar refractivity (Wildman–Crippen MR) is 43.2 cm³/mol. The molecule has 14 heavy (non-hydrogen) atoms. The lowest BCUT2D eigenvalue weighted by Crippen LogP contribution is -2.10. The maximum Gasteiger partial charge on any atom is 0.250 e. The lowest BCUT2D eigenvalue weighted by atomic mass is 10.3. The largest absolute Gasteiger partial charge is 0.759 e. The SMILES string of the molecule is NC(=O)c1cccnc1.O=S(=O)([O-])[O-]. The Morgan fingerprint density at radius 3 is 2.14 bits per heavy atom. The molecule has 0 unspecified atom stereocenters. The first-order chi connectivity index (χ1) is 6.30. The third kappa shape index (κ3) is 8.59. The van der Waals surface area contributed by atoms with Crippen molar-refractivity contribution >= 4 is 16.3 Å². The maximum absolute atomic E-state index is 10.4. The number of carbonyl (C=O) groups excluding carboxylic acids is 1. The Kier molecular flexibility index (Phi) is 4.70. The summed E-state index contributed by atoms with van der Waals surface area (Å²) in [7, 11) is -5.17. The first-order valence-electron chi connectivity index (χ1n) is 3.17. The Morgan fingerprint density at radius 2 is 1.93 bits per heavy atom. The number of carbonyl (C=O) groups is 1. The summed E-state index contributed by atoms with van der Waals surface area (Å²) in [6.45, 7) is 0. The third-order valence-electron chi connectivity index (χ3n) is 0.946. The summed E-state index contributed by atoms with van der Waals surface area (Å²) in [5, 5.41) is 0. The zero-order valence-corrected chi connectivity index (χ0v) is 7.60. The molecule has 1 heterocycles. The second kappa shape index (κ2) is 5.27. The van der Waals surface area contributed by atoms with E-state index in [0.29, 0.717) is 5.56 Å². The van der Waals surface area contributed by atoms with Crippen LogP contribution in [0.4, 0.5) is 0 Å². The highest BCUT2D eigenvalue weighted by atomic mass is 32.3. The predicted octanol–water partition coefficient (Wildman–Crippen LogP) is -1.16. The molecule has 0 spiro atoms. The quantitative estimate of drug-likeness (QED) is 0.466. The summed E-state index contributed by atoms with van der Waals surface area (Å²) >= 11 is 0.